The predicted octanol–water partition coefficient (Wildman–Crippen LogP) is 1.80. The molecule has 5 heteroatoms. The molecule has 1 aromatic heterocycles. The topological polar surface area (TPSA) is 49.8 Å². The molecule has 0 saturated carbocycles. The van der Waals surface area contributed by atoms with Gasteiger partial charge in [0.2, 0.25) is 0 Å². The van der Waals surface area contributed by atoms with Crippen molar-refractivity contribution >= 4 is 17.4 Å². The number of carbonyl (C=O) groups is 1. The van der Waals surface area contributed by atoms with Crippen LogP contribution in [-0.2, 0) is 4.74 Å². The van der Waals surface area contributed by atoms with Crippen LogP contribution >= 0.6 is 11.3 Å². The minimum Gasteiger partial charge on any atom is -0.465 e. The monoisotopic (exact) mass is 213 g/mol. The zero-order valence-corrected chi connectivity index (χ0v) is 8.37. The predicted molar refractivity (Wildman–Crippen MR) is 52.6 cm³/mol. The fourth-order valence-electron chi connectivity index (χ4n) is 1.47. The second kappa shape index (κ2) is 3.98. The highest BCUT2D eigenvalue weighted by Gasteiger charge is 2.25. The number of rotatable bonds is 1. The van der Waals surface area contributed by atoms with E-state index >= 15 is 0 Å². The van der Waals surface area contributed by atoms with E-state index in [-0.39, 0.29) is 6.10 Å². The summed E-state index contributed by atoms with van der Waals surface area (Å²) < 4.78 is 5.51. The molecule has 2 heterocycles. The molecule has 0 bridgehead atoms. The summed E-state index contributed by atoms with van der Waals surface area (Å²) in [5.41, 5.74) is 0. The number of ether oxygens (including phenoxy) is 1. The molecule has 1 amide bonds. The first-order valence-corrected chi connectivity index (χ1v) is 5.28. The van der Waals surface area contributed by atoms with Crippen LogP contribution in [0.5, 0.6) is 0 Å². The molecule has 1 fully saturated rings. The molecule has 2 rings (SSSR count). The van der Waals surface area contributed by atoms with Crippen LogP contribution in [0.1, 0.15) is 11.0 Å². The molecule has 0 radical (unpaired) electrons. The van der Waals surface area contributed by atoms with Crippen molar-refractivity contribution in [1.29, 1.82) is 0 Å². The lowest BCUT2D eigenvalue weighted by Gasteiger charge is -2.30. The third-order valence-electron chi connectivity index (χ3n) is 2.20. The molecule has 1 aliphatic heterocycles. The van der Waals surface area contributed by atoms with Gasteiger partial charge in [-0.15, -0.1) is 11.3 Å². The summed E-state index contributed by atoms with van der Waals surface area (Å²) >= 11 is 1.60. The smallest absolute Gasteiger partial charge is 0.407 e. The van der Waals surface area contributed by atoms with Gasteiger partial charge in [0.05, 0.1) is 13.2 Å². The van der Waals surface area contributed by atoms with Gasteiger partial charge < -0.3 is 14.7 Å². The van der Waals surface area contributed by atoms with Crippen LogP contribution in [0.2, 0.25) is 0 Å². The van der Waals surface area contributed by atoms with Crippen LogP contribution < -0.4 is 0 Å². The maximum absolute atomic E-state index is 10.7. The first-order valence-electron chi connectivity index (χ1n) is 4.40. The molecule has 1 atom stereocenters. The molecule has 76 valence electrons. The normalized spacial score (nSPS) is 22.3. The maximum atomic E-state index is 10.7. The van der Waals surface area contributed by atoms with E-state index in [0.29, 0.717) is 19.7 Å². The van der Waals surface area contributed by atoms with Crippen LogP contribution in [0, 0.1) is 0 Å². The van der Waals surface area contributed by atoms with Gasteiger partial charge in [-0.05, 0) is 11.4 Å². The molecular weight excluding hydrogens is 202 g/mol. The molecule has 1 N–H and O–H groups in total. The lowest BCUT2D eigenvalue weighted by atomic mass is 10.2. The average molecular weight is 213 g/mol. The second-order valence-corrected chi connectivity index (χ2v) is 4.08. The van der Waals surface area contributed by atoms with Gasteiger partial charge in [-0.25, -0.2) is 4.79 Å². The zero-order valence-electron chi connectivity index (χ0n) is 7.55. The molecule has 0 aromatic carbocycles. The lowest BCUT2D eigenvalue weighted by molar-refractivity contribution is -0.0214. The van der Waals surface area contributed by atoms with Crippen LogP contribution in [-0.4, -0.2) is 35.8 Å². The number of hydrogen-bond acceptors (Lipinski definition) is 3. The summed E-state index contributed by atoms with van der Waals surface area (Å²) in [4.78, 5) is 13.2. The SMILES string of the molecule is O=C(O)N1CCOC(c2cccs2)C1. The Bertz CT molecular complexity index is 312. The van der Waals surface area contributed by atoms with E-state index in [2.05, 4.69) is 0 Å². The standard InChI is InChI=1S/C9H11NO3S/c11-9(12)10-3-4-13-7(6-10)8-2-1-5-14-8/h1-2,5,7H,3-4,6H2,(H,11,12). The summed E-state index contributed by atoms with van der Waals surface area (Å²) in [7, 11) is 0. The van der Waals surface area contributed by atoms with Crippen molar-refractivity contribution in [3.63, 3.8) is 0 Å². The number of nitrogens with zero attached hydrogens (tertiary/aromatic N) is 1. The van der Waals surface area contributed by atoms with Gasteiger partial charge in [-0.1, -0.05) is 6.07 Å². The third-order valence-corrected chi connectivity index (χ3v) is 3.16. The Morgan fingerprint density at radius 1 is 1.71 bits per heavy atom. The van der Waals surface area contributed by atoms with Gasteiger partial charge in [-0.2, -0.15) is 0 Å². The van der Waals surface area contributed by atoms with Crippen molar-refractivity contribution in [2.75, 3.05) is 19.7 Å². The molecule has 0 spiro atoms. The van der Waals surface area contributed by atoms with Crippen LogP contribution in [0.3, 0.4) is 0 Å². The summed E-state index contributed by atoms with van der Waals surface area (Å²) in [5.74, 6) is 0. The van der Waals surface area contributed by atoms with Crippen molar-refractivity contribution in [2.45, 2.75) is 6.10 Å². The van der Waals surface area contributed by atoms with Crippen molar-refractivity contribution in [2.24, 2.45) is 0 Å². The van der Waals surface area contributed by atoms with Gasteiger partial charge in [0.1, 0.15) is 6.10 Å². The average Bonchev–Trinajstić information content (AvgIpc) is 2.71. The number of morpholine rings is 1. The Hall–Kier alpha value is -1.07. The third kappa shape index (κ3) is 1.88. The van der Waals surface area contributed by atoms with Crippen LogP contribution in [0.15, 0.2) is 17.5 Å². The largest absolute Gasteiger partial charge is 0.465 e. The lowest BCUT2D eigenvalue weighted by Crippen LogP contribution is -2.41. The number of amides is 1. The first-order chi connectivity index (χ1) is 6.77. The quantitative estimate of drug-likeness (QED) is 0.773. The Morgan fingerprint density at radius 3 is 3.21 bits per heavy atom. The Morgan fingerprint density at radius 2 is 2.57 bits per heavy atom. The Balaban J connectivity index is 2.04. The maximum Gasteiger partial charge on any atom is 0.407 e. The van der Waals surface area contributed by atoms with Crippen LogP contribution in [0.4, 0.5) is 4.79 Å². The highest BCUT2D eigenvalue weighted by molar-refractivity contribution is 7.10. The van der Waals surface area contributed by atoms with E-state index < -0.39 is 6.09 Å². The van der Waals surface area contributed by atoms with E-state index in [4.69, 9.17) is 9.84 Å². The van der Waals surface area contributed by atoms with E-state index in [1.807, 2.05) is 17.5 Å². The molecule has 14 heavy (non-hydrogen) atoms. The molecule has 1 aromatic rings. The van der Waals surface area contributed by atoms with Crippen molar-refractivity contribution in [3.8, 4) is 0 Å². The van der Waals surface area contributed by atoms with Crippen molar-refractivity contribution < 1.29 is 14.6 Å². The van der Waals surface area contributed by atoms with Gasteiger partial charge >= 0.3 is 6.09 Å². The fourth-order valence-corrected chi connectivity index (χ4v) is 2.24. The Labute approximate surface area is 85.7 Å². The molecule has 4 nitrogen and oxygen atoms in total. The highest BCUT2D eigenvalue weighted by Crippen LogP contribution is 2.25. The van der Waals surface area contributed by atoms with Crippen molar-refractivity contribution in [3.05, 3.63) is 22.4 Å². The number of hydrogen-bond donors (Lipinski definition) is 1. The number of carboxylic acid groups (broad SMARTS) is 1. The van der Waals surface area contributed by atoms with Crippen molar-refractivity contribution in [1.82, 2.24) is 4.90 Å². The first kappa shape index (κ1) is 9.48. The Kier molecular flexibility index (Phi) is 2.69. The van der Waals surface area contributed by atoms with E-state index in [9.17, 15) is 4.79 Å². The minimum atomic E-state index is -0.866. The molecule has 1 aliphatic rings. The summed E-state index contributed by atoms with van der Waals surface area (Å²) in [6, 6.07) is 3.92. The zero-order chi connectivity index (χ0) is 9.97. The van der Waals surface area contributed by atoms with Gasteiger partial charge in [-0.3, -0.25) is 0 Å². The summed E-state index contributed by atoms with van der Waals surface area (Å²) in [6.07, 6.45) is -0.949. The molecular formula is C9H11NO3S. The van der Waals surface area contributed by atoms with E-state index in [0.717, 1.165) is 4.88 Å². The van der Waals surface area contributed by atoms with Gasteiger partial charge in [0, 0.05) is 11.4 Å². The molecule has 1 saturated heterocycles. The van der Waals surface area contributed by atoms with E-state index in [1.54, 1.807) is 11.3 Å². The number of thiophene rings is 1. The highest BCUT2D eigenvalue weighted by atomic mass is 32.1. The molecule has 1 unspecified atom stereocenters. The van der Waals surface area contributed by atoms with Gasteiger partial charge in [0.25, 0.3) is 0 Å². The minimum absolute atomic E-state index is 0.0835. The van der Waals surface area contributed by atoms with Gasteiger partial charge in [0.15, 0.2) is 0 Å². The fraction of sp³-hybridized carbons (Fsp3) is 0.444. The molecule has 0 aliphatic carbocycles. The second-order valence-electron chi connectivity index (χ2n) is 3.10. The van der Waals surface area contributed by atoms with E-state index in [1.165, 1.54) is 4.90 Å². The summed E-state index contributed by atoms with van der Waals surface area (Å²) in [6.45, 7) is 1.39. The van der Waals surface area contributed by atoms with Crippen LogP contribution in [0.25, 0.3) is 0 Å². The summed E-state index contributed by atoms with van der Waals surface area (Å²) in [5, 5.41) is 10.8.